The number of carbonyl (C=O) groups excluding carboxylic acids is 1. The van der Waals surface area contributed by atoms with Gasteiger partial charge < -0.3 is 5.32 Å². The molecule has 0 unspecified atom stereocenters. The van der Waals surface area contributed by atoms with Crippen molar-refractivity contribution < 1.29 is 13.2 Å². The van der Waals surface area contributed by atoms with Crippen molar-refractivity contribution in [2.45, 2.75) is 38.5 Å². The van der Waals surface area contributed by atoms with Crippen LogP contribution in [0, 0.1) is 13.8 Å². The minimum atomic E-state index is -3.52. The van der Waals surface area contributed by atoms with Gasteiger partial charge in [0.15, 0.2) is 0 Å². The molecular weight excluding hydrogens is 398 g/mol. The van der Waals surface area contributed by atoms with Gasteiger partial charge >= 0.3 is 0 Å². The normalized spacial score (nSPS) is 16.0. The van der Waals surface area contributed by atoms with Crippen LogP contribution >= 0.6 is 0 Å². The van der Waals surface area contributed by atoms with Gasteiger partial charge in [0.2, 0.25) is 15.9 Å². The Morgan fingerprint density at radius 1 is 1.03 bits per heavy atom. The number of amides is 1. The third-order valence-corrected chi connectivity index (χ3v) is 7.56. The van der Waals surface area contributed by atoms with Crippen LogP contribution in [-0.4, -0.2) is 56.3 Å². The SMILES string of the molecule is Cc1ccc(C)c(S(=O)(=O)N2CCN(CC(=O)Nc3ccccc3C(C)C)CC2)c1. The molecule has 1 aliphatic rings. The molecule has 1 saturated heterocycles. The average molecular weight is 430 g/mol. The van der Waals surface area contributed by atoms with Crippen molar-refractivity contribution >= 4 is 21.6 Å². The zero-order valence-electron chi connectivity index (χ0n) is 18.2. The summed E-state index contributed by atoms with van der Waals surface area (Å²) in [6, 6.07) is 13.3. The van der Waals surface area contributed by atoms with E-state index in [2.05, 4.69) is 19.2 Å². The van der Waals surface area contributed by atoms with Crippen molar-refractivity contribution in [1.82, 2.24) is 9.21 Å². The molecule has 0 aliphatic carbocycles. The van der Waals surface area contributed by atoms with Crippen molar-refractivity contribution in [2.75, 3.05) is 38.0 Å². The number of anilines is 1. The summed E-state index contributed by atoms with van der Waals surface area (Å²) in [7, 11) is -3.52. The van der Waals surface area contributed by atoms with Crippen LogP contribution in [0.1, 0.15) is 36.5 Å². The van der Waals surface area contributed by atoms with Crippen LogP contribution in [0.5, 0.6) is 0 Å². The molecule has 6 nitrogen and oxygen atoms in total. The van der Waals surface area contributed by atoms with E-state index in [0.29, 0.717) is 37.0 Å². The molecule has 0 saturated carbocycles. The molecule has 30 heavy (non-hydrogen) atoms. The second-order valence-corrected chi connectivity index (χ2v) is 10.1. The van der Waals surface area contributed by atoms with Crippen LogP contribution in [0.25, 0.3) is 0 Å². The first-order chi connectivity index (χ1) is 14.2. The highest BCUT2D eigenvalue weighted by Crippen LogP contribution is 2.24. The minimum absolute atomic E-state index is 0.0751. The number of sulfonamides is 1. The molecule has 1 N–H and O–H groups in total. The molecule has 0 atom stereocenters. The summed E-state index contributed by atoms with van der Waals surface area (Å²) in [6.45, 7) is 9.99. The van der Waals surface area contributed by atoms with E-state index in [9.17, 15) is 13.2 Å². The van der Waals surface area contributed by atoms with Crippen molar-refractivity contribution in [3.8, 4) is 0 Å². The standard InChI is InChI=1S/C23H31N3O3S/c1-17(2)20-7-5-6-8-21(20)24-23(27)16-25-11-13-26(14-12-25)30(28,29)22-15-18(3)9-10-19(22)4/h5-10,15,17H,11-14,16H2,1-4H3,(H,24,27). The zero-order valence-corrected chi connectivity index (χ0v) is 19.0. The lowest BCUT2D eigenvalue weighted by Gasteiger charge is -2.33. The maximum atomic E-state index is 13.1. The molecule has 2 aromatic carbocycles. The van der Waals surface area contributed by atoms with E-state index in [1.54, 1.807) is 6.07 Å². The third-order valence-electron chi connectivity index (χ3n) is 5.52. The Balaban J connectivity index is 1.59. The monoisotopic (exact) mass is 429 g/mol. The highest BCUT2D eigenvalue weighted by molar-refractivity contribution is 7.89. The number of hydrogen-bond donors (Lipinski definition) is 1. The quantitative estimate of drug-likeness (QED) is 0.764. The molecule has 0 spiro atoms. The van der Waals surface area contributed by atoms with Crippen LogP contribution in [0.3, 0.4) is 0 Å². The summed E-state index contributed by atoms with van der Waals surface area (Å²) < 4.78 is 27.6. The van der Waals surface area contributed by atoms with Crippen molar-refractivity contribution in [3.05, 3.63) is 59.2 Å². The molecule has 3 rings (SSSR count). The fraction of sp³-hybridized carbons (Fsp3) is 0.435. The van der Waals surface area contributed by atoms with Gasteiger partial charge in [0.05, 0.1) is 11.4 Å². The van der Waals surface area contributed by atoms with Gasteiger partial charge in [-0.3, -0.25) is 9.69 Å². The molecule has 7 heteroatoms. The molecule has 1 aliphatic heterocycles. The topological polar surface area (TPSA) is 69.7 Å². The number of nitrogens with one attached hydrogen (secondary N) is 1. The van der Waals surface area contributed by atoms with Gasteiger partial charge in [0, 0.05) is 31.9 Å². The Hall–Kier alpha value is -2.22. The molecule has 1 heterocycles. The number of benzene rings is 2. The molecule has 0 bridgehead atoms. The Morgan fingerprint density at radius 2 is 1.70 bits per heavy atom. The van der Waals surface area contributed by atoms with Gasteiger partial charge in [0.1, 0.15) is 0 Å². The summed E-state index contributed by atoms with van der Waals surface area (Å²) >= 11 is 0. The summed E-state index contributed by atoms with van der Waals surface area (Å²) in [5, 5.41) is 3.01. The summed E-state index contributed by atoms with van der Waals surface area (Å²) in [5.41, 5.74) is 3.63. The second kappa shape index (κ2) is 9.29. The van der Waals surface area contributed by atoms with Crippen LogP contribution in [-0.2, 0) is 14.8 Å². The Kier molecular flexibility index (Phi) is 6.95. The Morgan fingerprint density at radius 3 is 2.37 bits per heavy atom. The van der Waals surface area contributed by atoms with Gasteiger partial charge in [0.25, 0.3) is 0 Å². The molecular formula is C23H31N3O3S. The number of para-hydroxylation sites is 1. The van der Waals surface area contributed by atoms with Gasteiger partial charge in [-0.1, -0.05) is 44.2 Å². The van der Waals surface area contributed by atoms with Crippen molar-refractivity contribution in [3.63, 3.8) is 0 Å². The van der Waals surface area contributed by atoms with E-state index in [1.807, 2.05) is 55.1 Å². The maximum absolute atomic E-state index is 13.1. The molecule has 0 aromatic heterocycles. The van der Waals surface area contributed by atoms with E-state index in [0.717, 1.165) is 22.4 Å². The van der Waals surface area contributed by atoms with Gasteiger partial charge in [-0.25, -0.2) is 8.42 Å². The Labute approximate surface area is 179 Å². The largest absolute Gasteiger partial charge is 0.325 e. The predicted octanol–water partition coefficient (Wildman–Crippen LogP) is 3.37. The third kappa shape index (κ3) is 5.09. The summed E-state index contributed by atoms with van der Waals surface area (Å²) in [4.78, 5) is 14.9. The van der Waals surface area contributed by atoms with E-state index < -0.39 is 10.0 Å². The van der Waals surface area contributed by atoms with Crippen molar-refractivity contribution in [1.29, 1.82) is 0 Å². The molecule has 0 radical (unpaired) electrons. The van der Waals surface area contributed by atoms with Gasteiger partial charge in [-0.15, -0.1) is 0 Å². The van der Waals surface area contributed by atoms with Crippen LogP contribution in [0.2, 0.25) is 0 Å². The number of carbonyl (C=O) groups is 1. The lowest BCUT2D eigenvalue weighted by atomic mass is 10.0. The van der Waals surface area contributed by atoms with Crippen LogP contribution < -0.4 is 5.32 Å². The van der Waals surface area contributed by atoms with Gasteiger partial charge in [-0.2, -0.15) is 4.31 Å². The van der Waals surface area contributed by atoms with Crippen LogP contribution in [0.15, 0.2) is 47.4 Å². The smallest absolute Gasteiger partial charge is 0.243 e. The van der Waals surface area contributed by atoms with Gasteiger partial charge in [-0.05, 0) is 48.6 Å². The van der Waals surface area contributed by atoms with E-state index >= 15 is 0 Å². The van der Waals surface area contributed by atoms with Crippen LogP contribution in [0.4, 0.5) is 5.69 Å². The average Bonchev–Trinajstić information content (AvgIpc) is 2.70. The Bertz CT molecular complexity index is 1010. The number of piperazine rings is 1. The second-order valence-electron chi connectivity index (χ2n) is 8.24. The van der Waals surface area contributed by atoms with E-state index in [1.165, 1.54) is 4.31 Å². The fourth-order valence-electron chi connectivity index (χ4n) is 3.76. The summed E-state index contributed by atoms with van der Waals surface area (Å²) in [6.07, 6.45) is 0. The first-order valence-electron chi connectivity index (χ1n) is 10.4. The van der Waals surface area contributed by atoms with E-state index in [4.69, 9.17) is 0 Å². The maximum Gasteiger partial charge on any atom is 0.243 e. The lowest BCUT2D eigenvalue weighted by molar-refractivity contribution is -0.117. The first-order valence-corrected chi connectivity index (χ1v) is 11.8. The number of aryl methyl sites for hydroxylation is 2. The highest BCUT2D eigenvalue weighted by Gasteiger charge is 2.30. The molecule has 1 amide bonds. The van der Waals surface area contributed by atoms with E-state index in [-0.39, 0.29) is 12.5 Å². The predicted molar refractivity (Wildman–Crippen MR) is 120 cm³/mol. The highest BCUT2D eigenvalue weighted by atomic mass is 32.2. The number of rotatable bonds is 6. The zero-order chi connectivity index (χ0) is 21.9. The number of nitrogens with zero attached hydrogens (tertiary/aromatic N) is 2. The molecule has 1 fully saturated rings. The molecule has 162 valence electrons. The van der Waals surface area contributed by atoms with Crippen molar-refractivity contribution in [2.24, 2.45) is 0 Å². The summed E-state index contributed by atoms with van der Waals surface area (Å²) in [5.74, 6) is 0.245. The molecule has 2 aromatic rings. The number of hydrogen-bond acceptors (Lipinski definition) is 4. The lowest BCUT2D eigenvalue weighted by Crippen LogP contribution is -2.50. The minimum Gasteiger partial charge on any atom is -0.325 e. The fourth-order valence-corrected chi connectivity index (χ4v) is 5.49. The first kappa shape index (κ1) is 22.5.